The molecule has 0 saturated heterocycles. The monoisotopic (exact) mass is 260 g/mol. The Labute approximate surface area is 98.2 Å². The van der Waals surface area contributed by atoms with Crippen LogP contribution in [0.2, 0.25) is 0 Å². The Hall–Kier alpha value is -1.64. The van der Waals surface area contributed by atoms with Crippen molar-refractivity contribution in [2.24, 2.45) is 5.14 Å². The van der Waals surface area contributed by atoms with E-state index in [0.29, 0.717) is 5.75 Å². The summed E-state index contributed by atoms with van der Waals surface area (Å²) in [7, 11) is -3.54. The lowest BCUT2D eigenvalue weighted by molar-refractivity contribution is 0.0706. The molecule has 4 N–H and O–H groups in total. The molecule has 0 fully saturated rings. The SMILES string of the molecule is NS(=O)(=O)CCOc1ccc(C(=O)NO)cc1. The van der Waals surface area contributed by atoms with E-state index >= 15 is 0 Å². The van der Waals surface area contributed by atoms with Crippen LogP contribution in [0.3, 0.4) is 0 Å². The molecule has 0 spiro atoms. The highest BCUT2D eigenvalue weighted by Crippen LogP contribution is 2.11. The minimum Gasteiger partial charge on any atom is -0.492 e. The number of rotatable bonds is 5. The number of benzene rings is 1. The number of sulfonamides is 1. The quantitative estimate of drug-likeness (QED) is 0.486. The molecule has 0 aromatic heterocycles. The van der Waals surface area contributed by atoms with Crippen molar-refractivity contribution >= 4 is 15.9 Å². The van der Waals surface area contributed by atoms with Gasteiger partial charge < -0.3 is 4.74 Å². The van der Waals surface area contributed by atoms with Crippen molar-refractivity contribution in [3.63, 3.8) is 0 Å². The minimum absolute atomic E-state index is 0.0651. The van der Waals surface area contributed by atoms with Crippen LogP contribution in [0.5, 0.6) is 5.75 Å². The van der Waals surface area contributed by atoms with Gasteiger partial charge in [-0.3, -0.25) is 10.0 Å². The first-order chi connectivity index (χ1) is 7.92. The van der Waals surface area contributed by atoms with Crippen LogP contribution >= 0.6 is 0 Å². The molecule has 7 nitrogen and oxygen atoms in total. The van der Waals surface area contributed by atoms with Gasteiger partial charge in [0.1, 0.15) is 12.4 Å². The zero-order valence-corrected chi connectivity index (χ0v) is 9.61. The Balaban J connectivity index is 2.54. The lowest BCUT2D eigenvalue weighted by Crippen LogP contribution is -2.21. The third-order valence-corrected chi connectivity index (χ3v) is 2.59. The average Bonchev–Trinajstić information content (AvgIpc) is 2.27. The number of carbonyl (C=O) groups is 1. The van der Waals surface area contributed by atoms with Crippen molar-refractivity contribution in [2.75, 3.05) is 12.4 Å². The molecule has 0 unspecified atom stereocenters. The van der Waals surface area contributed by atoms with Crippen LogP contribution in [0, 0.1) is 0 Å². The fourth-order valence-corrected chi connectivity index (χ4v) is 1.36. The summed E-state index contributed by atoms with van der Waals surface area (Å²) in [4.78, 5) is 11.0. The molecule has 0 aliphatic rings. The summed E-state index contributed by atoms with van der Waals surface area (Å²) < 4.78 is 26.3. The van der Waals surface area contributed by atoms with Gasteiger partial charge in [-0.1, -0.05) is 0 Å². The zero-order valence-electron chi connectivity index (χ0n) is 8.79. The fraction of sp³-hybridized carbons (Fsp3) is 0.222. The van der Waals surface area contributed by atoms with E-state index in [-0.39, 0.29) is 17.9 Å². The Kier molecular flexibility index (Phi) is 4.44. The number of amides is 1. The van der Waals surface area contributed by atoms with Crippen LogP contribution in [0.4, 0.5) is 0 Å². The largest absolute Gasteiger partial charge is 0.492 e. The van der Waals surface area contributed by atoms with E-state index in [2.05, 4.69) is 0 Å². The van der Waals surface area contributed by atoms with Crippen LogP contribution in [0.25, 0.3) is 0 Å². The third kappa shape index (κ3) is 4.81. The molecule has 1 amide bonds. The number of primary sulfonamides is 1. The van der Waals surface area contributed by atoms with Gasteiger partial charge in [-0.2, -0.15) is 0 Å². The van der Waals surface area contributed by atoms with Crippen LogP contribution in [0.15, 0.2) is 24.3 Å². The van der Waals surface area contributed by atoms with Crippen LogP contribution in [-0.4, -0.2) is 31.9 Å². The van der Waals surface area contributed by atoms with Gasteiger partial charge in [-0.05, 0) is 24.3 Å². The van der Waals surface area contributed by atoms with Crippen molar-refractivity contribution < 1.29 is 23.2 Å². The Morgan fingerprint density at radius 2 is 1.94 bits per heavy atom. The standard InChI is InChI=1S/C9H12N2O5S/c10-17(14,15)6-5-16-8-3-1-7(2-4-8)9(12)11-13/h1-4,13H,5-6H2,(H,11,12)(H2,10,14,15). The lowest BCUT2D eigenvalue weighted by Gasteiger charge is -2.05. The Morgan fingerprint density at radius 1 is 1.35 bits per heavy atom. The zero-order chi connectivity index (χ0) is 12.9. The second kappa shape index (κ2) is 5.62. The highest BCUT2D eigenvalue weighted by molar-refractivity contribution is 7.89. The molecule has 17 heavy (non-hydrogen) atoms. The number of nitrogens with two attached hydrogens (primary N) is 1. The van der Waals surface area contributed by atoms with Crippen LogP contribution in [0.1, 0.15) is 10.4 Å². The molecule has 0 aliphatic carbocycles. The topological polar surface area (TPSA) is 119 Å². The predicted octanol–water partition coefficient (Wildman–Crippen LogP) is -0.527. The van der Waals surface area contributed by atoms with Crippen molar-refractivity contribution in [3.05, 3.63) is 29.8 Å². The first-order valence-corrected chi connectivity index (χ1v) is 6.32. The van der Waals surface area contributed by atoms with E-state index in [1.807, 2.05) is 0 Å². The summed E-state index contributed by atoms with van der Waals surface area (Å²) in [6.45, 7) is -0.0651. The molecule has 0 radical (unpaired) electrons. The maximum atomic E-state index is 11.0. The van der Waals surface area contributed by atoms with Gasteiger partial charge in [0.25, 0.3) is 5.91 Å². The molecule has 0 bridgehead atoms. The number of hydrogen-bond donors (Lipinski definition) is 3. The first kappa shape index (κ1) is 13.4. The second-order valence-electron chi connectivity index (χ2n) is 3.18. The molecule has 1 rings (SSSR count). The minimum atomic E-state index is -3.54. The van der Waals surface area contributed by atoms with Gasteiger partial charge in [-0.15, -0.1) is 0 Å². The number of carbonyl (C=O) groups excluding carboxylic acids is 1. The molecular formula is C9H12N2O5S. The van der Waals surface area contributed by atoms with Gasteiger partial charge in [0, 0.05) is 5.56 Å². The van der Waals surface area contributed by atoms with Crippen molar-refractivity contribution in [2.45, 2.75) is 0 Å². The highest BCUT2D eigenvalue weighted by Gasteiger charge is 2.05. The van der Waals surface area contributed by atoms with Gasteiger partial charge in [-0.25, -0.2) is 19.0 Å². The molecule has 0 saturated carbocycles. The highest BCUT2D eigenvalue weighted by atomic mass is 32.2. The van der Waals surface area contributed by atoms with Crippen LogP contribution < -0.4 is 15.4 Å². The maximum Gasteiger partial charge on any atom is 0.274 e. The number of nitrogens with one attached hydrogen (secondary N) is 1. The van der Waals surface area contributed by atoms with Gasteiger partial charge in [0.2, 0.25) is 10.0 Å². The summed E-state index contributed by atoms with van der Waals surface area (Å²) in [5, 5.41) is 13.2. The molecule has 1 aromatic carbocycles. The molecule has 94 valence electrons. The number of hydroxylamine groups is 1. The smallest absolute Gasteiger partial charge is 0.274 e. The van der Waals surface area contributed by atoms with Gasteiger partial charge in [0.05, 0.1) is 5.75 Å². The summed E-state index contributed by atoms with van der Waals surface area (Å²) in [5.41, 5.74) is 1.74. The Bertz CT molecular complexity index is 483. The molecule has 8 heteroatoms. The summed E-state index contributed by atoms with van der Waals surface area (Å²) >= 11 is 0. The second-order valence-corrected chi connectivity index (χ2v) is 4.91. The molecule has 0 heterocycles. The molecular weight excluding hydrogens is 248 g/mol. The van der Waals surface area contributed by atoms with Gasteiger partial charge in [0.15, 0.2) is 0 Å². The summed E-state index contributed by atoms with van der Waals surface area (Å²) in [6.07, 6.45) is 0. The van der Waals surface area contributed by atoms with Crippen molar-refractivity contribution in [1.29, 1.82) is 0 Å². The molecule has 0 aliphatic heterocycles. The molecule has 0 atom stereocenters. The molecule has 1 aromatic rings. The lowest BCUT2D eigenvalue weighted by atomic mass is 10.2. The normalized spacial score (nSPS) is 10.9. The fourth-order valence-electron chi connectivity index (χ4n) is 1.04. The van der Waals surface area contributed by atoms with E-state index in [4.69, 9.17) is 15.1 Å². The van der Waals surface area contributed by atoms with E-state index in [1.165, 1.54) is 29.7 Å². The number of hydrogen-bond acceptors (Lipinski definition) is 5. The number of ether oxygens (including phenoxy) is 1. The predicted molar refractivity (Wildman–Crippen MR) is 59.2 cm³/mol. The van der Waals surface area contributed by atoms with E-state index in [1.54, 1.807) is 0 Å². The van der Waals surface area contributed by atoms with Crippen LogP contribution in [-0.2, 0) is 10.0 Å². The summed E-state index contributed by atoms with van der Waals surface area (Å²) in [6, 6.07) is 5.82. The van der Waals surface area contributed by atoms with Gasteiger partial charge >= 0.3 is 0 Å². The third-order valence-electron chi connectivity index (χ3n) is 1.85. The first-order valence-electron chi connectivity index (χ1n) is 4.60. The Morgan fingerprint density at radius 3 is 2.41 bits per heavy atom. The maximum absolute atomic E-state index is 11.0. The van der Waals surface area contributed by atoms with E-state index in [0.717, 1.165) is 0 Å². The van der Waals surface area contributed by atoms with Crippen molar-refractivity contribution in [1.82, 2.24) is 5.48 Å². The van der Waals surface area contributed by atoms with E-state index in [9.17, 15) is 13.2 Å². The van der Waals surface area contributed by atoms with Crippen molar-refractivity contribution in [3.8, 4) is 5.75 Å². The average molecular weight is 260 g/mol. The van der Waals surface area contributed by atoms with E-state index < -0.39 is 15.9 Å². The summed E-state index contributed by atoms with van der Waals surface area (Å²) in [5.74, 6) is -0.518.